The number of fused-ring (bicyclic) bond motifs is 1. The van der Waals surface area contributed by atoms with E-state index >= 15 is 0 Å². The number of H-pyrrole nitrogens is 1. The molecule has 1 unspecified atom stereocenters. The van der Waals surface area contributed by atoms with Crippen molar-refractivity contribution < 1.29 is 13.2 Å². The summed E-state index contributed by atoms with van der Waals surface area (Å²) in [5.74, 6) is 0.656. The normalized spacial score (nSPS) is 18.4. The molecule has 4 heterocycles. The number of imidazole rings is 1. The Kier molecular flexibility index (Phi) is 5.11. The van der Waals surface area contributed by atoms with Crippen molar-refractivity contribution in [3.8, 4) is 0 Å². The second-order valence-electron chi connectivity index (χ2n) is 6.57. The van der Waals surface area contributed by atoms with Crippen LogP contribution >= 0.6 is 11.8 Å². The van der Waals surface area contributed by atoms with Crippen LogP contribution in [0.4, 0.5) is 19.1 Å². The summed E-state index contributed by atoms with van der Waals surface area (Å²) in [5.41, 5.74) is 5.94. The van der Waals surface area contributed by atoms with Gasteiger partial charge in [-0.3, -0.25) is 4.98 Å². The van der Waals surface area contributed by atoms with Gasteiger partial charge in [-0.05, 0) is 31.4 Å². The van der Waals surface area contributed by atoms with E-state index in [1.54, 1.807) is 0 Å². The molecule has 3 aromatic rings. The molecular formula is C17H18F3N7S. The molecule has 1 fully saturated rings. The van der Waals surface area contributed by atoms with Crippen LogP contribution in [-0.4, -0.2) is 44.1 Å². The Morgan fingerprint density at radius 2 is 2.04 bits per heavy atom. The van der Waals surface area contributed by atoms with Gasteiger partial charge in [0.1, 0.15) is 5.03 Å². The molecule has 0 radical (unpaired) electrons. The Bertz CT molecular complexity index is 975. The van der Waals surface area contributed by atoms with Crippen LogP contribution in [0.25, 0.3) is 11.3 Å². The van der Waals surface area contributed by atoms with E-state index in [9.17, 15) is 13.2 Å². The molecule has 1 aliphatic heterocycles. The van der Waals surface area contributed by atoms with Crippen molar-refractivity contribution in [2.75, 3.05) is 18.0 Å². The van der Waals surface area contributed by atoms with E-state index < -0.39 is 11.9 Å². The minimum atomic E-state index is -4.53. The summed E-state index contributed by atoms with van der Waals surface area (Å²) in [6.45, 7) is 1.62. The first-order chi connectivity index (χ1) is 13.4. The summed E-state index contributed by atoms with van der Waals surface area (Å²) < 4.78 is 39.4. The molecule has 148 valence electrons. The van der Waals surface area contributed by atoms with Crippen molar-refractivity contribution in [3.05, 3.63) is 30.2 Å². The van der Waals surface area contributed by atoms with Gasteiger partial charge in [0.05, 0.1) is 6.20 Å². The number of alkyl halides is 3. The zero-order chi connectivity index (χ0) is 19.7. The smallest absolute Gasteiger partial charge is 0.342 e. The maximum absolute atomic E-state index is 13.1. The number of hydrogen-bond acceptors (Lipinski definition) is 7. The third kappa shape index (κ3) is 4.04. The highest BCUT2D eigenvalue weighted by Gasteiger charge is 2.35. The lowest BCUT2D eigenvalue weighted by Crippen LogP contribution is -2.27. The topological polar surface area (TPSA) is 96.6 Å². The predicted molar refractivity (Wildman–Crippen MR) is 99.1 cm³/mol. The molecular weight excluding hydrogens is 391 g/mol. The van der Waals surface area contributed by atoms with E-state index in [0.29, 0.717) is 22.3 Å². The summed E-state index contributed by atoms with van der Waals surface area (Å²) in [6, 6.07) is 3.02. The summed E-state index contributed by atoms with van der Waals surface area (Å²) in [5, 5.41) is 0.332. The van der Waals surface area contributed by atoms with Crippen molar-refractivity contribution in [1.29, 1.82) is 0 Å². The summed E-state index contributed by atoms with van der Waals surface area (Å²) in [4.78, 5) is 21.8. The molecule has 0 aromatic carbocycles. The lowest BCUT2D eigenvalue weighted by Gasteiger charge is -2.18. The number of pyridine rings is 1. The highest BCUT2D eigenvalue weighted by atomic mass is 32.2. The monoisotopic (exact) mass is 409 g/mol. The van der Waals surface area contributed by atoms with E-state index in [2.05, 4.69) is 29.8 Å². The number of anilines is 1. The molecule has 1 saturated heterocycles. The first-order valence-electron chi connectivity index (χ1n) is 8.83. The number of nitrogens with zero attached hydrogens (tertiary/aromatic N) is 5. The van der Waals surface area contributed by atoms with Crippen LogP contribution in [0.5, 0.6) is 0 Å². The molecule has 11 heteroatoms. The van der Waals surface area contributed by atoms with Crippen molar-refractivity contribution in [2.24, 2.45) is 5.73 Å². The van der Waals surface area contributed by atoms with Gasteiger partial charge in [-0.2, -0.15) is 18.2 Å². The molecule has 3 N–H and O–H groups in total. The van der Waals surface area contributed by atoms with Crippen LogP contribution in [0.2, 0.25) is 0 Å². The maximum Gasteiger partial charge on any atom is 0.434 e. The van der Waals surface area contributed by atoms with E-state index in [-0.39, 0.29) is 10.9 Å². The third-order valence-electron chi connectivity index (χ3n) is 4.50. The molecule has 1 atom stereocenters. The second-order valence-corrected chi connectivity index (χ2v) is 7.63. The highest BCUT2D eigenvalue weighted by molar-refractivity contribution is 7.99. The van der Waals surface area contributed by atoms with Crippen LogP contribution in [-0.2, 0) is 6.18 Å². The van der Waals surface area contributed by atoms with Gasteiger partial charge in [-0.15, -0.1) is 0 Å². The van der Waals surface area contributed by atoms with Gasteiger partial charge in [-0.1, -0.05) is 11.8 Å². The van der Waals surface area contributed by atoms with Crippen molar-refractivity contribution in [2.45, 2.75) is 41.4 Å². The maximum atomic E-state index is 13.1. The minimum absolute atomic E-state index is 0.0232. The largest absolute Gasteiger partial charge is 0.434 e. The summed E-state index contributed by atoms with van der Waals surface area (Å²) >= 11 is 0.870. The van der Waals surface area contributed by atoms with Crippen molar-refractivity contribution >= 4 is 29.0 Å². The molecule has 0 saturated carbocycles. The average Bonchev–Trinajstić information content (AvgIpc) is 2.95. The number of aromatic amines is 1. The van der Waals surface area contributed by atoms with Gasteiger partial charge in [0.25, 0.3) is 0 Å². The number of nitrogens with one attached hydrogen (secondary N) is 1. The van der Waals surface area contributed by atoms with Crippen LogP contribution < -0.4 is 10.6 Å². The average molecular weight is 409 g/mol. The Morgan fingerprint density at radius 1 is 1.18 bits per heavy atom. The Hall–Kier alpha value is -2.40. The number of rotatable bonds is 3. The molecule has 0 spiro atoms. The summed E-state index contributed by atoms with van der Waals surface area (Å²) in [6.07, 6.45) is 0.831. The number of nitrogens with two attached hydrogens (primary N) is 1. The molecule has 1 aliphatic rings. The van der Waals surface area contributed by atoms with E-state index in [1.165, 1.54) is 18.3 Å². The fourth-order valence-corrected chi connectivity index (χ4v) is 3.98. The van der Waals surface area contributed by atoms with Crippen molar-refractivity contribution in [1.82, 2.24) is 24.9 Å². The quantitative estimate of drug-likeness (QED) is 0.685. The lowest BCUT2D eigenvalue weighted by molar-refractivity contribution is -0.143. The fourth-order valence-electron chi connectivity index (χ4n) is 3.10. The molecule has 0 amide bonds. The first-order valence-corrected chi connectivity index (χ1v) is 9.65. The second kappa shape index (κ2) is 7.55. The van der Waals surface area contributed by atoms with Crippen LogP contribution in [0.1, 0.15) is 25.0 Å². The fraction of sp³-hybridized carbons (Fsp3) is 0.412. The van der Waals surface area contributed by atoms with Crippen molar-refractivity contribution in [3.63, 3.8) is 0 Å². The minimum Gasteiger partial charge on any atom is -0.342 e. The summed E-state index contributed by atoms with van der Waals surface area (Å²) in [7, 11) is 0. The SMILES string of the molecule is NC1CCCN(c2nc3ncc(Sc4cccnc4C(F)(F)F)nc3[nH]2)CC1. The molecule has 0 bridgehead atoms. The zero-order valence-corrected chi connectivity index (χ0v) is 15.6. The zero-order valence-electron chi connectivity index (χ0n) is 14.8. The standard InChI is InChI=1S/C17H18F3N7S/c18-17(19,20)13-11(4-1-6-22-13)28-12-9-23-14-15(24-12)26-16(25-14)27-7-2-3-10(21)5-8-27/h1,4,6,9-10H,2-3,5,7-8,21H2,(H,23,24,25,26). The van der Waals surface area contributed by atoms with Gasteiger partial charge in [0, 0.05) is 30.2 Å². The Morgan fingerprint density at radius 3 is 2.86 bits per heavy atom. The Balaban J connectivity index is 1.59. The third-order valence-corrected chi connectivity index (χ3v) is 5.45. The molecule has 28 heavy (non-hydrogen) atoms. The van der Waals surface area contributed by atoms with E-state index in [4.69, 9.17) is 5.73 Å². The predicted octanol–water partition coefficient (Wildman–Crippen LogP) is 3.24. The van der Waals surface area contributed by atoms with Gasteiger partial charge >= 0.3 is 6.18 Å². The van der Waals surface area contributed by atoms with Crippen LogP contribution in [0, 0.1) is 0 Å². The van der Waals surface area contributed by atoms with Gasteiger partial charge in [0.15, 0.2) is 17.0 Å². The molecule has 4 rings (SSSR count). The van der Waals surface area contributed by atoms with Crippen LogP contribution in [0.3, 0.4) is 0 Å². The van der Waals surface area contributed by atoms with Gasteiger partial charge in [0.2, 0.25) is 5.95 Å². The molecule has 7 nitrogen and oxygen atoms in total. The van der Waals surface area contributed by atoms with Gasteiger partial charge < -0.3 is 15.6 Å². The van der Waals surface area contributed by atoms with Gasteiger partial charge in [-0.25, -0.2) is 9.97 Å². The molecule has 3 aromatic heterocycles. The Labute approximate surface area is 163 Å². The van der Waals surface area contributed by atoms with Crippen LogP contribution in [0.15, 0.2) is 34.4 Å². The van der Waals surface area contributed by atoms with E-state index in [0.717, 1.165) is 50.3 Å². The highest BCUT2D eigenvalue weighted by Crippen LogP contribution is 2.37. The number of aromatic nitrogens is 5. The number of halogens is 3. The first kappa shape index (κ1) is 18.9. The lowest BCUT2D eigenvalue weighted by atomic mass is 10.1. The number of hydrogen-bond donors (Lipinski definition) is 2. The van der Waals surface area contributed by atoms with E-state index in [1.807, 2.05) is 0 Å². The molecule has 0 aliphatic carbocycles.